The molecule has 1 fully saturated rings. The molecule has 1 aliphatic heterocycles. The molecule has 1 heterocycles. The zero-order valence-corrected chi connectivity index (χ0v) is 10.3. The summed E-state index contributed by atoms with van der Waals surface area (Å²) < 4.78 is 50.0. The fourth-order valence-corrected chi connectivity index (χ4v) is 5.33. The van der Waals surface area contributed by atoms with Crippen molar-refractivity contribution in [2.24, 2.45) is 0 Å². The molecule has 0 spiro atoms. The van der Waals surface area contributed by atoms with Gasteiger partial charge in [0.15, 0.2) is 9.84 Å². The first-order valence-corrected chi connectivity index (χ1v) is 8.25. The Bertz CT molecular complexity index is 395. The van der Waals surface area contributed by atoms with E-state index in [9.17, 15) is 16.8 Å². The van der Waals surface area contributed by atoms with Gasteiger partial charge in [-0.1, -0.05) is 13.3 Å². The van der Waals surface area contributed by atoms with Gasteiger partial charge in [-0.25, -0.2) is 8.42 Å². The van der Waals surface area contributed by atoms with Crippen LogP contribution in [0.1, 0.15) is 26.2 Å². The molecule has 1 rings (SSSR count). The highest BCUT2D eigenvalue weighted by atomic mass is 32.2. The van der Waals surface area contributed by atoms with Crippen molar-refractivity contribution in [2.45, 2.75) is 31.4 Å². The molecule has 1 aliphatic rings. The van der Waals surface area contributed by atoms with Gasteiger partial charge in [0.25, 0.3) is 10.1 Å². The lowest BCUT2D eigenvalue weighted by molar-refractivity contribution is 0.306. The normalized spacial score (nSPS) is 25.5. The van der Waals surface area contributed by atoms with Gasteiger partial charge in [-0.2, -0.15) is 8.42 Å². The molecule has 5 nitrogen and oxygen atoms in total. The first-order chi connectivity index (χ1) is 6.87. The lowest BCUT2D eigenvalue weighted by atomic mass is 10.4. The van der Waals surface area contributed by atoms with Crippen LogP contribution in [0.15, 0.2) is 0 Å². The Kier molecular flexibility index (Phi) is 4.13. The van der Waals surface area contributed by atoms with Gasteiger partial charge in [-0.15, -0.1) is 0 Å². The van der Waals surface area contributed by atoms with E-state index in [1.54, 1.807) is 0 Å². The number of unbranched alkanes of at least 4 members (excludes halogenated alkanes) is 1. The second-order valence-electron chi connectivity index (χ2n) is 3.69. The van der Waals surface area contributed by atoms with Crippen LogP contribution in [0.5, 0.6) is 0 Å². The van der Waals surface area contributed by atoms with Crippen molar-refractivity contribution in [3.05, 3.63) is 0 Å². The summed E-state index contributed by atoms with van der Waals surface area (Å²) in [4.78, 5) is 0. The molecule has 1 atom stereocenters. The van der Waals surface area contributed by atoms with Gasteiger partial charge in [-0.3, -0.25) is 4.18 Å². The summed E-state index contributed by atoms with van der Waals surface area (Å²) in [6.07, 6.45) is 1.67. The molecular weight excluding hydrogens is 240 g/mol. The minimum Gasteiger partial charge on any atom is -0.270 e. The van der Waals surface area contributed by atoms with E-state index in [1.165, 1.54) is 0 Å². The molecule has 0 bridgehead atoms. The summed E-state index contributed by atoms with van der Waals surface area (Å²) in [7, 11) is -6.85. The first kappa shape index (κ1) is 12.9. The fourth-order valence-electron chi connectivity index (χ4n) is 1.40. The lowest BCUT2D eigenvalue weighted by Crippen LogP contribution is -2.25. The third-order valence-corrected chi connectivity index (χ3v) is 6.04. The van der Waals surface area contributed by atoms with Crippen LogP contribution in [0, 0.1) is 0 Å². The topological polar surface area (TPSA) is 77.5 Å². The number of rotatable bonds is 5. The largest absolute Gasteiger partial charge is 0.271 e. The summed E-state index contributed by atoms with van der Waals surface area (Å²) in [6, 6.07) is 0. The van der Waals surface area contributed by atoms with Gasteiger partial charge in [0, 0.05) is 0 Å². The van der Waals surface area contributed by atoms with E-state index < -0.39 is 25.2 Å². The quantitative estimate of drug-likeness (QED) is 0.523. The summed E-state index contributed by atoms with van der Waals surface area (Å²) in [5.41, 5.74) is 0. The van der Waals surface area contributed by atoms with Crippen LogP contribution < -0.4 is 0 Å². The third kappa shape index (κ3) is 3.73. The van der Waals surface area contributed by atoms with Crippen LogP contribution in [0.2, 0.25) is 0 Å². The fraction of sp³-hybridized carbons (Fsp3) is 1.00. The average molecular weight is 256 g/mol. The molecule has 0 amide bonds. The third-order valence-electron chi connectivity index (χ3n) is 2.34. The van der Waals surface area contributed by atoms with Crippen molar-refractivity contribution < 1.29 is 21.0 Å². The van der Waals surface area contributed by atoms with E-state index in [-0.39, 0.29) is 24.5 Å². The number of hydrogen-bond acceptors (Lipinski definition) is 5. The highest BCUT2D eigenvalue weighted by molar-refractivity contribution is 7.94. The van der Waals surface area contributed by atoms with Crippen molar-refractivity contribution in [2.75, 3.05) is 18.1 Å². The Morgan fingerprint density at radius 3 is 2.53 bits per heavy atom. The molecule has 0 aromatic heterocycles. The van der Waals surface area contributed by atoms with Crippen molar-refractivity contribution >= 4 is 20.0 Å². The Labute approximate surface area is 90.9 Å². The SMILES string of the molecule is CCCCOS(=O)(=O)[C@H]1CCS(=O)(=O)C1. The van der Waals surface area contributed by atoms with Gasteiger partial charge in [0.1, 0.15) is 5.25 Å². The van der Waals surface area contributed by atoms with Crippen LogP contribution in [-0.2, 0) is 24.1 Å². The molecule has 0 saturated carbocycles. The molecule has 1 saturated heterocycles. The van der Waals surface area contributed by atoms with E-state index >= 15 is 0 Å². The predicted molar refractivity (Wildman–Crippen MR) is 56.8 cm³/mol. The highest BCUT2D eigenvalue weighted by Crippen LogP contribution is 2.20. The van der Waals surface area contributed by atoms with Crippen molar-refractivity contribution in [3.8, 4) is 0 Å². The zero-order valence-electron chi connectivity index (χ0n) is 8.68. The predicted octanol–water partition coefficient (Wildman–Crippen LogP) is 0.320. The molecule has 0 aliphatic carbocycles. The first-order valence-electron chi connectivity index (χ1n) is 4.96. The minimum atomic E-state index is -3.68. The molecule has 90 valence electrons. The Hall–Kier alpha value is -0.140. The summed E-state index contributed by atoms with van der Waals surface area (Å²) >= 11 is 0. The van der Waals surface area contributed by atoms with Crippen molar-refractivity contribution in [1.82, 2.24) is 0 Å². The van der Waals surface area contributed by atoms with Crippen LogP contribution >= 0.6 is 0 Å². The monoisotopic (exact) mass is 256 g/mol. The average Bonchev–Trinajstić information content (AvgIpc) is 2.47. The van der Waals surface area contributed by atoms with Gasteiger partial charge in [-0.05, 0) is 12.8 Å². The molecule has 15 heavy (non-hydrogen) atoms. The molecule has 0 unspecified atom stereocenters. The van der Waals surface area contributed by atoms with E-state index in [4.69, 9.17) is 4.18 Å². The van der Waals surface area contributed by atoms with Crippen LogP contribution in [0.3, 0.4) is 0 Å². The molecule has 0 N–H and O–H groups in total. The molecule has 0 radical (unpaired) electrons. The van der Waals surface area contributed by atoms with Gasteiger partial charge in [0.2, 0.25) is 0 Å². The summed E-state index contributed by atoms with van der Waals surface area (Å²) in [5, 5.41) is -0.862. The van der Waals surface area contributed by atoms with E-state index in [1.807, 2.05) is 6.92 Å². The maximum absolute atomic E-state index is 11.5. The molecule has 0 aromatic carbocycles. The smallest absolute Gasteiger partial charge is 0.270 e. The van der Waals surface area contributed by atoms with Gasteiger partial charge < -0.3 is 0 Å². The van der Waals surface area contributed by atoms with Gasteiger partial charge >= 0.3 is 0 Å². The van der Waals surface area contributed by atoms with Gasteiger partial charge in [0.05, 0.1) is 18.1 Å². The lowest BCUT2D eigenvalue weighted by Gasteiger charge is -2.09. The zero-order chi connectivity index (χ0) is 11.5. The van der Waals surface area contributed by atoms with E-state index in [0.29, 0.717) is 6.42 Å². The maximum atomic E-state index is 11.5. The Morgan fingerprint density at radius 2 is 2.07 bits per heavy atom. The summed E-state index contributed by atoms with van der Waals surface area (Å²) in [5.74, 6) is -0.338. The van der Waals surface area contributed by atoms with Crippen LogP contribution in [-0.4, -0.2) is 40.2 Å². The van der Waals surface area contributed by atoms with Crippen molar-refractivity contribution in [3.63, 3.8) is 0 Å². The molecule has 7 heteroatoms. The molecule has 0 aromatic rings. The second-order valence-corrected chi connectivity index (χ2v) is 7.81. The maximum Gasteiger partial charge on any atom is 0.271 e. The minimum absolute atomic E-state index is 0.0476. The van der Waals surface area contributed by atoms with E-state index in [0.717, 1.165) is 6.42 Å². The van der Waals surface area contributed by atoms with Crippen molar-refractivity contribution in [1.29, 1.82) is 0 Å². The van der Waals surface area contributed by atoms with Crippen LogP contribution in [0.4, 0.5) is 0 Å². The highest BCUT2D eigenvalue weighted by Gasteiger charge is 2.37. The van der Waals surface area contributed by atoms with E-state index in [2.05, 4.69) is 0 Å². The number of sulfone groups is 1. The standard InChI is InChI=1S/C8H16O5S2/c1-2-3-5-13-15(11,12)8-4-6-14(9,10)7-8/h8H,2-7H2,1H3/t8-/m0/s1. The Balaban J connectivity index is 2.56. The summed E-state index contributed by atoms with van der Waals surface area (Å²) in [6.45, 7) is 2.07. The Morgan fingerprint density at radius 1 is 1.40 bits per heavy atom. The number of hydrogen-bond donors (Lipinski definition) is 0. The van der Waals surface area contributed by atoms with Crippen LogP contribution in [0.25, 0.3) is 0 Å². The second kappa shape index (κ2) is 4.80. The molecular formula is C8H16O5S2.